The quantitative estimate of drug-likeness (QED) is 0.838. The summed E-state index contributed by atoms with van der Waals surface area (Å²) in [5.41, 5.74) is 0. The molecule has 1 aliphatic rings. The Morgan fingerprint density at radius 1 is 1.41 bits per heavy atom. The maximum atomic E-state index is 12.6. The molecule has 1 saturated heterocycles. The zero-order valence-corrected chi connectivity index (χ0v) is 13.3. The Morgan fingerprint density at radius 2 is 2.23 bits per heavy atom. The Labute approximate surface area is 129 Å². The Morgan fingerprint density at radius 3 is 2.86 bits per heavy atom. The highest BCUT2D eigenvalue weighted by molar-refractivity contribution is 7.89. The normalized spacial score (nSPS) is 19.5. The van der Waals surface area contributed by atoms with Crippen LogP contribution >= 0.6 is 0 Å². The van der Waals surface area contributed by atoms with E-state index in [1.807, 2.05) is 6.07 Å². The summed E-state index contributed by atoms with van der Waals surface area (Å²) in [5.74, 6) is 1.32. The summed E-state index contributed by atoms with van der Waals surface area (Å²) in [4.78, 5) is 8.10. The number of aromatic nitrogens is 3. The first kappa shape index (κ1) is 15.0. The summed E-state index contributed by atoms with van der Waals surface area (Å²) in [6.45, 7) is 2.53. The second kappa shape index (κ2) is 5.69. The number of nitrogens with zero attached hydrogens (tertiary/aromatic N) is 4. The fourth-order valence-corrected chi connectivity index (χ4v) is 3.92. The fraction of sp³-hybridized carbons (Fsp3) is 0.429. The second-order valence-electron chi connectivity index (χ2n) is 5.32. The van der Waals surface area contributed by atoms with Gasteiger partial charge in [0.2, 0.25) is 0 Å². The number of rotatable bonds is 4. The molecular formula is C14H18N4O3S. The Balaban J connectivity index is 1.72. The van der Waals surface area contributed by atoms with Gasteiger partial charge in [-0.15, -0.1) is 0 Å². The molecule has 0 aromatic carbocycles. The number of hydrogen-bond donors (Lipinski definition) is 0. The van der Waals surface area contributed by atoms with Crippen LogP contribution in [0.3, 0.4) is 0 Å². The molecule has 2 aromatic heterocycles. The molecule has 1 aliphatic heterocycles. The number of sulfonamides is 1. The minimum Gasteiger partial charge on any atom is -0.487 e. The minimum absolute atomic E-state index is 0.0922. The molecule has 1 unspecified atom stereocenters. The number of ether oxygens (including phenoxy) is 1. The van der Waals surface area contributed by atoms with Crippen molar-refractivity contribution in [3.05, 3.63) is 36.5 Å². The van der Waals surface area contributed by atoms with Gasteiger partial charge in [0.15, 0.2) is 5.03 Å². The van der Waals surface area contributed by atoms with E-state index in [0.29, 0.717) is 31.1 Å². The van der Waals surface area contributed by atoms with Crippen molar-refractivity contribution in [2.24, 2.45) is 7.05 Å². The predicted octanol–water partition coefficient (Wildman–Crippen LogP) is 0.966. The van der Waals surface area contributed by atoms with Crippen LogP contribution in [0, 0.1) is 6.92 Å². The van der Waals surface area contributed by atoms with Crippen molar-refractivity contribution >= 4 is 10.0 Å². The topological polar surface area (TPSA) is 77.3 Å². The van der Waals surface area contributed by atoms with Crippen molar-refractivity contribution in [2.45, 2.75) is 24.5 Å². The minimum atomic E-state index is -3.56. The van der Waals surface area contributed by atoms with Crippen LogP contribution in [0.4, 0.5) is 0 Å². The average Bonchev–Trinajstić information content (AvgIpc) is 3.09. The van der Waals surface area contributed by atoms with Crippen LogP contribution in [-0.2, 0) is 17.1 Å². The van der Waals surface area contributed by atoms with E-state index in [0.717, 1.165) is 0 Å². The van der Waals surface area contributed by atoms with Crippen molar-refractivity contribution in [3.63, 3.8) is 0 Å². The van der Waals surface area contributed by atoms with Crippen LogP contribution in [0.25, 0.3) is 0 Å². The zero-order chi connectivity index (χ0) is 15.7. The lowest BCUT2D eigenvalue weighted by molar-refractivity contribution is 0.214. The van der Waals surface area contributed by atoms with Gasteiger partial charge in [-0.05, 0) is 25.5 Å². The molecule has 3 heterocycles. The van der Waals surface area contributed by atoms with Gasteiger partial charge in [0.1, 0.15) is 17.7 Å². The molecule has 0 amide bonds. The maximum Gasteiger partial charge on any atom is 0.262 e. The summed E-state index contributed by atoms with van der Waals surface area (Å²) in [6, 6.07) is 3.60. The third-order valence-corrected chi connectivity index (χ3v) is 5.47. The fourth-order valence-electron chi connectivity index (χ4n) is 2.40. The third kappa shape index (κ3) is 2.84. The molecule has 7 nitrogen and oxygen atoms in total. The van der Waals surface area contributed by atoms with Crippen molar-refractivity contribution in [2.75, 3.05) is 13.1 Å². The molecule has 0 N–H and O–H groups in total. The van der Waals surface area contributed by atoms with Crippen LogP contribution in [0.15, 0.2) is 35.7 Å². The number of imidazole rings is 1. The molecule has 1 fully saturated rings. The summed E-state index contributed by atoms with van der Waals surface area (Å²) < 4.78 is 34.1. The lowest BCUT2D eigenvalue weighted by Crippen LogP contribution is -2.31. The maximum absolute atomic E-state index is 12.6. The van der Waals surface area contributed by atoms with E-state index in [2.05, 4.69) is 9.97 Å². The van der Waals surface area contributed by atoms with Gasteiger partial charge >= 0.3 is 0 Å². The van der Waals surface area contributed by atoms with Crippen LogP contribution in [0.5, 0.6) is 5.75 Å². The second-order valence-corrected chi connectivity index (χ2v) is 7.20. The average molecular weight is 322 g/mol. The number of pyridine rings is 1. The first-order valence-electron chi connectivity index (χ1n) is 7.03. The standard InChI is InChI=1S/C14H18N4O3S/c1-11-16-14(10-17(11)2)22(19,20)18-7-5-13(9-18)21-12-4-3-6-15-8-12/h3-4,6,8,10,13H,5,7,9H2,1-2H3. The molecule has 0 spiro atoms. The van der Waals surface area contributed by atoms with Gasteiger partial charge in [-0.25, -0.2) is 13.4 Å². The largest absolute Gasteiger partial charge is 0.487 e. The first-order valence-corrected chi connectivity index (χ1v) is 8.47. The van der Waals surface area contributed by atoms with E-state index >= 15 is 0 Å². The van der Waals surface area contributed by atoms with Crippen LogP contribution < -0.4 is 4.74 Å². The highest BCUT2D eigenvalue weighted by Gasteiger charge is 2.35. The van der Waals surface area contributed by atoms with Gasteiger partial charge in [0.25, 0.3) is 10.0 Å². The molecule has 0 bridgehead atoms. The van der Waals surface area contributed by atoms with Gasteiger partial charge in [-0.1, -0.05) is 0 Å². The molecule has 2 aromatic rings. The molecular weight excluding hydrogens is 304 g/mol. The molecule has 1 atom stereocenters. The van der Waals surface area contributed by atoms with E-state index in [1.54, 1.807) is 43.2 Å². The smallest absolute Gasteiger partial charge is 0.262 e. The van der Waals surface area contributed by atoms with Crippen molar-refractivity contribution in [1.29, 1.82) is 0 Å². The molecule has 0 aliphatic carbocycles. The Kier molecular flexibility index (Phi) is 3.88. The van der Waals surface area contributed by atoms with E-state index in [4.69, 9.17) is 4.74 Å². The van der Waals surface area contributed by atoms with Gasteiger partial charge in [-0.2, -0.15) is 4.31 Å². The van der Waals surface area contributed by atoms with Gasteiger partial charge < -0.3 is 9.30 Å². The lowest BCUT2D eigenvalue weighted by Gasteiger charge is -2.15. The highest BCUT2D eigenvalue weighted by Crippen LogP contribution is 2.23. The van der Waals surface area contributed by atoms with E-state index in [1.165, 1.54) is 4.31 Å². The molecule has 0 radical (unpaired) electrons. The van der Waals surface area contributed by atoms with Gasteiger partial charge in [0, 0.05) is 26.0 Å². The zero-order valence-electron chi connectivity index (χ0n) is 12.5. The molecule has 118 valence electrons. The van der Waals surface area contributed by atoms with Gasteiger partial charge in [-0.3, -0.25) is 4.98 Å². The highest BCUT2D eigenvalue weighted by atomic mass is 32.2. The third-order valence-electron chi connectivity index (χ3n) is 3.74. The molecule has 3 rings (SSSR count). The van der Waals surface area contributed by atoms with E-state index in [-0.39, 0.29) is 11.1 Å². The lowest BCUT2D eigenvalue weighted by atomic mass is 10.3. The summed E-state index contributed by atoms with van der Waals surface area (Å²) in [5, 5.41) is 0.0922. The number of hydrogen-bond acceptors (Lipinski definition) is 5. The number of aryl methyl sites for hydroxylation is 2. The Hall–Kier alpha value is -1.93. The van der Waals surface area contributed by atoms with Crippen LogP contribution in [0.1, 0.15) is 12.2 Å². The molecule has 22 heavy (non-hydrogen) atoms. The predicted molar refractivity (Wildman–Crippen MR) is 80.0 cm³/mol. The first-order chi connectivity index (χ1) is 10.5. The SMILES string of the molecule is Cc1nc(S(=O)(=O)N2CCC(Oc3cccnc3)C2)cn1C. The summed E-state index contributed by atoms with van der Waals surface area (Å²) in [6.07, 6.45) is 5.32. The molecule has 0 saturated carbocycles. The van der Waals surface area contributed by atoms with Crippen LogP contribution in [-0.4, -0.2) is 46.5 Å². The van der Waals surface area contributed by atoms with E-state index < -0.39 is 10.0 Å². The van der Waals surface area contributed by atoms with Crippen molar-refractivity contribution in [1.82, 2.24) is 18.8 Å². The molecule has 8 heteroatoms. The summed E-state index contributed by atoms with van der Waals surface area (Å²) >= 11 is 0. The van der Waals surface area contributed by atoms with Crippen molar-refractivity contribution in [3.8, 4) is 5.75 Å². The van der Waals surface area contributed by atoms with Gasteiger partial charge in [0.05, 0.1) is 12.7 Å². The van der Waals surface area contributed by atoms with E-state index in [9.17, 15) is 8.42 Å². The van der Waals surface area contributed by atoms with Crippen molar-refractivity contribution < 1.29 is 13.2 Å². The van der Waals surface area contributed by atoms with Crippen LogP contribution in [0.2, 0.25) is 0 Å². The monoisotopic (exact) mass is 322 g/mol. The Bertz CT molecular complexity index is 738. The summed E-state index contributed by atoms with van der Waals surface area (Å²) in [7, 11) is -1.78.